The van der Waals surface area contributed by atoms with Crippen LogP contribution in [-0.2, 0) is 4.79 Å². The van der Waals surface area contributed by atoms with E-state index in [-0.39, 0.29) is 11.6 Å². The quantitative estimate of drug-likeness (QED) is 0.236. The van der Waals surface area contributed by atoms with E-state index < -0.39 is 16.9 Å². The molecule has 180 valence electrons. The lowest BCUT2D eigenvalue weighted by atomic mass is 9.91. The number of nitro groups is 1. The van der Waals surface area contributed by atoms with Gasteiger partial charge in [-0.15, -0.1) is 0 Å². The molecule has 8 heteroatoms. The first-order valence-corrected chi connectivity index (χ1v) is 12.9. The van der Waals surface area contributed by atoms with Crippen molar-refractivity contribution in [1.29, 1.82) is 0 Å². The first kappa shape index (κ1) is 26.6. The Morgan fingerprint density at radius 2 is 1.62 bits per heavy atom. The van der Waals surface area contributed by atoms with Crippen LogP contribution in [0.5, 0.6) is 0 Å². The predicted octanol–water partition coefficient (Wildman–Crippen LogP) is 5.93. The van der Waals surface area contributed by atoms with Gasteiger partial charge in [-0.3, -0.25) is 14.9 Å². The molecule has 2 aliphatic carbocycles. The smallest absolute Gasteiger partial charge is 0.321 e. The zero-order valence-corrected chi connectivity index (χ0v) is 20.2. The Hall–Kier alpha value is -1.64. The Labute approximate surface area is 196 Å². The van der Waals surface area contributed by atoms with Crippen molar-refractivity contribution in [2.75, 3.05) is 0 Å². The zero-order chi connectivity index (χ0) is 23.3. The number of para-hydroxylation sites is 1. The predicted molar refractivity (Wildman–Crippen MR) is 130 cm³/mol. The number of nitro benzene ring substituents is 1. The number of nitrogens with one attached hydrogen (secondary N) is 2. The Kier molecular flexibility index (Phi) is 12.1. The number of aliphatic carboxylic acids is 1. The van der Waals surface area contributed by atoms with Gasteiger partial charge >= 0.3 is 5.97 Å². The summed E-state index contributed by atoms with van der Waals surface area (Å²) in [6.45, 7) is 3.73. The fourth-order valence-corrected chi connectivity index (χ4v) is 5.32. The average molecular weight is 466 g/mol. The van der Waals surface area contributed by atoms with Crippen molar-refractivity contribution in [3.63, 3.8) is 0 Å². The number of nitrogens with zero attached hydrogens (tertiary/aromatic N) is 1. The van der Waals surface area contributed by atoms with Crippen LogP contribution in [0.2, 0.25) is 0 Å². The van der Waals surface area contributed by atoms with Gasteiger partial charge in [-0.1, -0.05) is 70.9 Å². The number of benzene rings is 1. The van der Waals surface area contributed by atoms with E-state index in [1.165, 1.54) is 70.3 Å². The van der Waals surface area contributed by atoms with E-state index in [2.05, 4.69) is 10.0 Å². The molecule has 2 atom stereocenters. The molecule has 0 spiro atoms. The van der Waals surface area contributed by atoms with Gasteiger partial charge in [0.2, 0.25) is 0 Å². The van der Waals surface area contributed by atoms with Gasteiger partial charge in [-0.2, -0.15) is 0 Å². The van der Waals surface area contributed by atoms with Crippen LogP contribution in [0.25, 0.3) is 0 Å². The van der Waals surface area contributed by atoms with Crippen molar-refractivity contribution in [3.8, 4) is 0 Å². The summed E-state index contributed by atoms with van der Waals surface area (Å²) in [6, 6.07) is 7.24. The van der Waals surface area contributed by atoms with Gasteiger partial charge in [0, 0.05) is 18.2 Å². The number of carboxylic acid groups (broad SMARTS) is 1. The van der Waals surface area contributed by atoms with Gasteiger partial charge < -0.3 is 10.4 Å². The number of carbonyl (C=O) groups is 1. The summed E-state index contributed by atoms with van der Waals surface area (Å²) in [5, 5.41) is 23.8. The van der Waals surface area contributed by atoms with Crippen LogP contribution in [-0.4, -0.2) is 34.1 Å². The van der Waals surface area contributed by atoms with Gasteiger partial charge in [-0.05, 0) is 49.6 Å². The standard InChI is InChI=1S/C12H16N2O4S.C12H23N/c1-3-8(2)11(12(15)16)13-19-10-7-5-4-6-9(10)14(17)18;1-3-7-11(8-4-1)13-12-9-5-2-6-10-12/h4-8,11,13H,3H2,1-2H3,(H,15,16);11-13H,1-10H2/t8?,11-;/m0./s1. The fourth-order valence-electron chi connectivity index (χ4n) is 4.34. The van der Waals surface area contributed by atoms with Crippen molar-refractivity contribution in [2.24, 2.45) is 5.92 Å². The van der Waals surface area contributed by atoms with Crippen LogP contribution < -0.4 is 10.0 Å². The number of hydrogen-bond donors (Lipinski definition) is 3. The summed E-state index contributed by atoms with van der Waals surface area (Å²) >= 11 is 0.983. The highest BCUT2D eigenvalue weighted by atomic mass is 32.2. The van der Waals surface area contributed by atoms with Crippen molar-refractivity contribution < 1.29 is 14.8 Å². The molecular formula is C24H39N3O4S. The third-order valence-corrected chi connectivity index (χ3v) is 7.46. The summed E-state index contributed by atoms with van der Waals surface area (Å²) in [4.78, 5) is 21.9. The molecule has 1 aromatic carbocycles. The first-order valence-electron chi connectivity index (χ1n) is 12.1. The highest BCUT2D eigenvalue weighted by Gasteiger charge is 2.24. The molecule has 0 amide bonds. The van der Waals surface area contributed by atoms with E-state index >= 15 is 0 Å². The van der Waals surface area contributed by atoms with Crippen LogP contribution in [0.4, 0.5) is 5.69 Å². The molecule has 1 unspecified atom stereocenters. The first-order chi connectivity index (χ1) is 15.4. The van der Waals surface area contributed by atoms with E-state index in [9.17, 15) is 14.9 Å². The fraction of sp³-hybridized carbons (Fsp3) is 0.708. The largest absolute Gasteiger partial charge is 0.480 e. The molecule has 0 saturated heterocycles. The lowest BCUT2D eigenvalue weighted by Crippen LogP contribution is -2.40. The van der Waals surface area contributed by atoms with Gasteiger partial charge in [-0.25, -0.2) is 4.72 Å². The van der Waals surface area contributed by atoms with Gasteiger partial charge in [0.15, 0.2) is 0 Å². The Bertz CT molecular complexity index is 690. The second-order valence-corrected chi connectivity index (χ2v) is 9.86. The van der Waals surface area contributed by atoms with Crippen LogP contribution in [0.1, 0.15) is 84.5 Å². The molecule has 0 aliphatic heterocycles. The molecule has 32 heavy (non-hydrogen) atoms. The maximum Gasteiger partial charge on any atom is 0.321 e. The number of hydrogen-bond acceptors (Lipinski definition) is 6. The minimum Gasteiger partial charge on any atom is -0.480 e. The van der Waals surface area contributed by atoms with Gasteiger partial charge in [0.05, 0.1) is 4.92 Å². The Balaban J connectivity index is 0.000000242. The zero-order valence-electron chi connectivity index (χ0n) is 19.4. The van der Waals surface area contributed by atoms with E-state index in [1.54, 1.807) is 18.2 Å². The van der Waals surface area contributed by atoms with Crippen molar-refractivity contribution in [2.45, 2.75) is 107 Å². The molecule has 2 fully saturated rings. The molecule has 1 aromatic rings. The third-order valence-electron chi connectivity index (χ3n) is 6.52. The molecule has 7 nitrogen and oxygen atoms in total. The summed E-state index contributed by atoms with van der Waals surface area (Å²) in [5.41, 5.74) is -0.0340. The third kappa shape index (κ3) is 9.08. The topological polar surface area (TPSA) is 105 Å². The lowest BCUT2D eigenvalue weighted by Gasteiger charge is -2.30. The van der Waals surface area contributed by atoms with Crippen LogP contribution in [0.3, 0.4) is 0 Å². The SMILES string of the molecule is C1CCC(NC2CCCCC2)CC1.CCC(C)[C@H](NSc1ccccc1[N+](=O)[O-])C(=O)O. The minimum absolute atomic E-state index is 0.0340. The van der Waals surface area contributed by atoms with E-state index in [4.69, 9.17) is 5.11 Å². The molecule has 2 aliphatic rings. The second kappa shape index (κ2) is 14.5. The summed E-state index contributed by atoms with van der Waals surface area (Å²) in [7, 11) is 0. The number of carboxylic acids is 1. The van der Waals surface area contributed by atoms with Gasteiger partial charge in [0.25, 0.3) is 5.69 Å². The van der Waals surface area contributed by atoms with Crippen molar-refractivity contribution >= 4 is 23.6 Å². The lowest BCUT2D eigenvalue weighted by molar-refractivity contribution is -0.387. The molecule has 2 saturated carbocycles. The highest BCUT2D eigenvalue weighted by molar-refractivity contribution is 7.97. The average Bonchev–Trinajstić information content (AvgIpc) is 2.80. The molecule has 0 heterocycles. The molecule has 3 N–H and O–H groups in total. The second-order valence-electron chi connectivity index (χ2n) is 8.98. The highest BCUT2D eigenvalue weighted by Crippen LogP contribution is 2.28. The monoisotopic (exact) mass is 465 g/mol. The Morgan fingerprint density at radius 3 is 2.09 bits per heavy atom. The van der Waals surface area contributed by atoms with E-state index in [1.807, 2.05) is 13.8 Å². The van der Waals surface area contributed by atoms with E-state index in [0.29, 0.717) is 11.3 Å². The minimum atomic E-state index is -0.958. The normalized spacial score (nSPS) is 19.4. The maximum absolute atomic E-state index is 11.1. The maximum atomic E-state index is 11.1. The molecular weight excluding hydrogens is 426 g/mol. The molecule has 0 radical (unpaired) electrons. The van der Waals surface area contributed by atoms with Crippen LogP contribution in [0, 0.1) is 16.0 Å². The number of rotatable bonds is 9. The summed E-state index contributed by atoms with van der Waals surface area (Å²) < 4.78 is 2.79. The Morgan fingerprint density at radius 1 is 1.09 bits per heavy atom. The van der Waals surface area contributed by atoms with E-state index in [0.717, 1.165) is 24.0 Å². The van der Waals surface area contributed by atoms with Crippen LogP contribution in [0.15, 0.2) is 29.2 Å². The van der Waals surface area contributed by atoms with Crippen molar-refractivity contribution in [1.82, 2.24) is 10.0 Å². The summed E-state index contributed by atoms with van der Waals surface area (Å²) in [6.07, 6.45) is 15.3. The van der Waals surface area contributed by atoms with Crippen molar-refractivity contribution in [3.05, 3.63) is 34.4 Å². The summed E-state index contributed by atoms with van der Waals surface area (Å²) in [5.74, 6) is -1.02. The molecule has 0 aromatic heterocycles. The molecule has 0 bridgehead atoms. The van der Waals surface area contributed by atoms with Gasteiger partial charge in [0.1, 0.15) is 10.9 Å². The van der Waals surface area contributed by atoms with Crippen LogP contribution >= 0.6 is 11.9 Å². The molecule has 3 rings (SSSR count).